The maximum atomic E-state index is 14.0. The molecule has 0 aromatic heterocycles. The Bertz CT molecular complexity index is 1130. The minimum atomic E-state index is -3.67. The number of morpholine rings is 1. The number of nitrogens with zero attached hydrogens (tertiary/aromatic N) is 1. The molecule has 9 atom stereocenters. The van der Waals surface area contributed by atoms with Gasteiger partial charge in [0.05, 0.1) is 24.6 Å². The van der Waals surface area contributed by atoms with Gasteiger partial charge in [-0.1, -0.05) is 13.8 Å². The van der Waals surface area contributed by atoms with E-state index in [4.69, 9.17) is 14.0 Å². The van der Waals surface area contributed by atoms with Crippen LogP contribution < -0.4 is 0 Å². The van der Waals surface area contributed by atoms with Crippen molar-refractivity contribution in [2.75, 3.05) is 32.6 Å². The fourth-order valence-corrected chi connectivity index (χ4v) is 9.61. The van der Waals surface area contributed by atoms with Crippen molar-refractivity contribution in [1.82, 2.24) is 4.90 Å². The van der Waals surface area contributed by atoms with E-state index in [1.807, 2.05) is 0 Å². The second-order valence-corrected chi connectivity index (χ2v) is 15.9. The highest BCUT2D eigenvalue weighted by atomic mass is 32.2. The molecule has 41 heavy (non-hydrogen) atoms. The van der Waals surface area contributed by atoms with Crippen molar-refractivity contribution in [3.05, 3.63) is 0 Å². The molecule has 0 radical (unpaired) electrons. The van der Waals surface area contributed by atoms with Crippen molar-refractivity contribution in [2.45, 2.75) is 97.3 Å². The summed E-state index contributed by atoms with van der Waals surface area (Å²) in [4.78, 5) is 40.8. The number of ketones is 2. The van der Waals surface area contributed by atoms with Crippen molar-refractivity contribution in [1.29, 1.82) is 0 Å². The fourth-order valence-electron chi connectivity index (χ4n) is 9.61. The molecule has 0 amide bonds. The third-order valence-corrected chi connectivity index (χ3v) is 11.1. The normalized spacial score (nSPS) is 42.1. The first kappa shape index (κ1) is 32.5. The predicted octanol–water partition coefficient (Wildman–Crippen LogP) is 2.91. The molecule has 4 aliphatic carbocycles. The van der Waals surface area contributed by atoms with E-state index in [0.29, 0.717) is 42.8 Å². The summed E-state index contributed by atoms with van der Waals surface area (Å²) in [6.45, 7) is 12.1. The number of Topliss-reactive ketones (excluding diaryl/α,β-unsaturated/α-hetero) is 2. The summed E-state index contributed by atoms with van der Waals surface area (Å²) in [7, 11) is -3.67. The molecule has 1 saturated heterocycles. The molecule has 234 valence electrons. The number of hydrogen-bond acceptors (Lipinski definition) is 9. The summed E-state index contributed by atoms with van der Waals surface area (Å²) in [5, 5.41) is 11.2. The van der Waals surface area contributed by atoms with E-state index in [1.165, 1.54) is 6.92 Å². The Labute approximate surface area is 244 Å². The van der Waals surface area contributed by atoms with E-state index in [9.17, 15) is 27.9 Å². The molecular formula is C30H49NO9S. The van der Waals surface area contributed by atoms with Gasteiger partial charge in [0.2, 0.25) is 0 Å². The molecule has 2 N–H and O–H groups in total. The monoisotopic (exact) mass is 599 g/mol. The molecule has 0 unspecified atom stereocenters. The number of aliphatic hydroxyl groups excluding tert-OH is 1. The topological polar surface area (TPSA) is 148 Å². The molecule has 1 aliphatic heterocycles. The van der Waals surface area contributed by atoms with E-state index < -0.39 is 16.1 Å². The van der Waals surface area contributed by atoms with Crippen molar-refractivity contribution < 1.29 is 41.9 Å². The van der Waals surface area contributed by atoms with E-state index >= 15 is 0 Å². The van der Waals surface area contributed by atoms with Crippen LogP contribution >= 0.6 is 0 Å². The number of hydrogen-bond donors (Lipinski definition) is 2. The standard InChI is InChI=1S/C29H45NO6.CH4O3S/c1-17(31)35-15-25(34)21-9-8-20-19-7-6-18-12-23(32)22(30-10-11-36-27(2,3)16-30)13-28(18,4)26(19)24(33)14-29(20,21)5;1-5(2,3)4/h18-23,26,32H,6-16H2,1-5H3;1H3,(H,2,3,4)/t18-,19-,20-,21+,22-,23-,26+,28-,29-;/m0./s1. The first-order valence-corrected chi connectivity index (χ1v) is 16.9. The lowest BCUT2D eigenvalue weighted by molar-refractivity contribution is -0.177. The van der Waals surface area contributed by atoms with Gasteiger partial charge >= 0.3 is 5.97 Å². The third-order valence-electron chi connectivity index (χ3n) is 11.1. The number of carbonyl (C=O) groups excluding carboxylic acids is 3. The van der Waals surface area contributed by atoms with E-state index in [1.54, 1.807) is 0 Å². The zero-order valence-corrected chi connectivity index (χ0v) is 26.2. The smallest absolute Gasteiger partial charge is 0.303 e. The SMILES string of the molecule is CC(=O)OCC(=O)[C@H]1CC[C@H]2[C@@H]3CC[C@H]4C[C@H](O)[C@@H](N5CCOC(C)(C)C5)C[C@]4(C)[C@H]3C(=O)C[C@]12C.CS(=O)(=O)O. The van der Waals surface area contributed by atoms with Crippen LogP contribution in [0.15, 0.2) is 0 Å². The molecular weight excluding hydrogens is 550 g/mol. The molecule has 0 spiro atoms. The lowest BCUT2D eigenvalue weighted by atomic mass is 9.43. The largest absolute Gasteiger partial charge is 0.458 e. The average molecular weight is 600 g/mol. The van der Waals surface area contributed by atoms with Gasteiger partial charge in [-0.25, -0.2) is 0 Å². The summed E-state index contributed by atoms with van der Waals surface area (Å²) in [5.74, 6) is 0.627. The molecule has 1 heterocycles. The Kier molecular flexibility index (Phi) is 9.20. The maximum Gasteiger partial charge on any atom is 0.303 e. The van der Waals surface area contributed by atoms with Crippen LogP contribution in [0.1, 0.15) is 79.6 Å². The summed E-state index contributed by atoms with van der Waals surface area (Å²) in [6.07, 6.45) is 6.19. The Balaban J connectivity index is 0.000000714. The Hall–Kier alpha value is -1.40. The minimum Gasteiger partial charge on any atom is -0.458 e. The Morgan fingerprint density at radius 2 is 1.76 bits per heavy atom. The lowest BCUT2D eigenvalue weighted by Gasteiger charge is -2.62. The van der Waals surface area contributed by atoms with Gasteiger partial charge < -0.3 is 14.6 Å². The summed E-state index contributed by atoms with van der Waals surface area (Å²) < 4.78 is 36.9. The zero-order valence-electron chi connectivity index (χ0n) is 25.4. The van der Waals surface area contributed by atoms with Crippen LogP contribution in [-0.2, 0) is 34.0 Å². The van der Waals surface area contributed by atoms with Gasteiger partial charge in [0.1, 0.15) is 12.4 Å². The molecule has 0 aromatic rings. The van der Waals surface area contributed by atoms with Crippen molar-refractivity contribution in [3.8, 4) is 0 Å². The quantitative estimate of drug-likeness (QED) is 0.365. The van der Waals surface area contributed by atoms with Gasteiger partial charge in [-0.15, -0.1) is 0 Å². The third kappa shape index (κ3) is 6.74. The van der Waals surface area contributed by atoms with Crippen LogP contribution in [0.3, 0.4) is 0 Å². The average Bonchev–Trinajstić information content (AvgIpc) is 3.17. The molecule has 5 rings (SSSR count). The first-order chi connectivity index (χ1) is 18.9. The van der Waals surface area contributed by atoms with Gasteiger partial charge in [0.25, 0.3) is 10.1 Å². The molecule has 10 nitrogen and oxygen atoms in total. The van der Waals surface area contributed by atoms with Crippen LogP contribution in [0.25, 0.3) is 0 Å². The van der Waals surface area contributed by atoms with E-state index in [-0.39, 0.29) is 52.8 Å². The molecule has 5 aliphatic rings. The second kappa shape index (κ2) is 11.6. The van der Waals surface area contributed by atoms with Crippen molar-refractivity contribution >= 4 is 27.7 Å². The molecule has 4 saturated carbocycles. The number of esters is 1. The van der Waals surface area contributed by atoms with Gasteiger partial charge in [0, 0.05) is 44.3 Å². The highest BCUT2D eigenvalue weighted by molar-refractivity contribution is 7.85. The van der Waals surface area contributed by atoms with Crippen molar-refractivity contribution in [2.24, 2.45) is 40.4 Å². The van der Waals surface area contributed by atoms with E-state index in [0.717, 1.165) is 51.6 Å². The van der Waals surface area contributed by atoms with Gasteiger partial charge in [-0.05, 0) is 81.0 Å². The number of carbonyl (C=O) groups is 3. The highest BCUT2D eigenvalue weighted by Gasteiger charge is 2.65. The zero-order chi connectivity index (χ0) is 30.5. The molecule has 5 fully saturated rings. The van der Waals surface area contributed by atoms with Gasteiger partial charge in [-0.2, -0.15) is 8.42 Å². The van der Waals surface area contributed by atoms with Crippen LogP contribution in [-0.4, -0.2) is 90.8 Å². The Morgan fingerprint density at radius 1 is 1.10 bits per heavy atom. The second-order valence-electron chi connectivity index (χ2n) is 14.4. The molecule has 0 aromatic carbocycles. The number of rotatable bonds is 4. The van der Waals surface area contributed by atoms with E-state index in [2.05, 4.69) is 32.6 Å². The maximum absolute atomic E-state index is 14.0. The summed E-state index contributed by atoms with van der Waals surface area (Å²) in [5.41, 5.74) is -0.710. The number of aliphatic hydroxyl groups is 1. The lowest BCUT2D eigenvalue weighted by Crippen LogP contribution is -2.64. The minimum absolute atomic E-state index is 0.000646. The molecule has 11 heteroatoms. The summed E-state index contributed by atoms with van der Waals surface area (Å²) >= 11 is 0. The predicted molar refractivity (Wildman–Crippen MR) is 152 cm³/mol. The van der Waals surface area contributed by atoms with Crippen molar-refractivity contribution in [3.63, 3.8) is 0 Å². The summed E-state index contributed by atoms with van der Waals surface area (Å²) in [6, 6.07) is 0.0518. The van der Waals surface area contributed by atoms with Crippen LogP contribution in [0.5, 0.6) is 0 Å². The molecule has 0 bridgehead atoms. The fraction of sp³-hybridized carbons (Fsp3) is 0.900. The number of fused-ring (bicyclic) bond motifs is 5. The van der Waals surface area contributed by atoms with Gasteiger partial charge in [0.15, 0.2) is 5.78 Å². The van der Waals surface area contributed by atoms with Gasteiger partial charge in [-0.3, -0.25) is 23.8 Å². The highest BCUT2D eigenvalue weighted by Crippen LogP contribution is 2.66. The first-order valence-electron chi connectivity index (χ1n) is 15.0. The number of ether oxygens (including phenoxy) is 2. The van der Waals surface area contributed by atoms with Crippen LogP contribution in [0.4, 0.5) is 0 Å². The van der Waals surface area contributed by atoms with Crippen LogP contribution in [0, 0.1) is 40.4 Å². The Morgan fingerprint density at radius 3 is 2.37 bits per heavy atom. The van der Waals surface area contributed by atoms with Crippen LogP contribution in [0.2, 0.25) is 0 Å².